The summed E-state index contributed by atoms with van der Waals surface area (Å²) in [4.78, 5) is 12.0. The van der Waals surface area contributed by atoms with E-state index in [0.29, 0.717) is 22.8 Å². The first kappa shape index (κ1) is 21.3. The summed E-state index contributed by atoms with van der Waals surface area (Å²) in [5.41, 5.74) is 5.45. The van der Waals surface area contributed by atoms with Crippen molar-refractivity contribution in [2.75, 3.05) is 13.7 Å². The van der Waals surface area contributed by atoms with Gasteiger partial charge in [-0.1, -0.05) is 19.1 Å². The van der Waals surface area contributed by atoms with Crippen molar-refractivity contribution in [2.24, 2.45) is 5.10 Å². The van der Waals surface area contributed by atoms with Gasteiger partial charge in [0.05, 0.1) is 19.4 Å². The Kier molecular flexibility index (Phi) is 7.87. The van der Waals surface area contributed by atoms with Gasteiger partial charge in [-0.25, -0.2) is 5.43 Å². The van der Waals surface area contributed by atoms with Crippen LogP contribution < -0.4 is 19.6 Å². The second-order valence-electron chi connectivity index (χ2n) is 6.63. The predicted octanol–water partition coefficient (Wildman–Crippen LogP) is 3.88. The molecule has 0 aromatic heterocycles. The lowest BCUT2D eigenvalue weighted by Crippen LogP contribution is -2.24. The molecule has 0 saturated heterocycles. The molecule has 0 aliphatic heterocycles. The van der Waals surface area contributed by atoms with E-state index in [1.165, 1.54) is 11.8 Å². The van der Waals surface area contributed by atoms with Gasteiger partial charge in [-0.15, -0.1) is 0 Å². The highest BCUT2D eigenvalue weighted by Gasteiger charge is 2.11. The smallest absolute Gasteiger partial charge is 0.277 e. The van der Waals surface area contributed by atoms with E-state index < -0.39 is 0 Å². The molecule has 1 N–H and O–H groups in total. The summed E-state index contributed by atoms with van der Waals surface area (Å²) in [7, 11) is 1.58. The average Bonchev–Trinajstić information content (AvgIpc) is 2.66. The number of amides is 1. The summed E-state index contributed by atoms with van der Waals surface area (Å²) in [6.45, 7) is 7.83. The summed E-state index contributed by atoms with van der Waals surface area (Å²) < 4.78 is 16.7. The van der Waals surface area contributed by atoms with Crippen molar-refractivity contribution in [1.29, 1.82) is 0 Å². The molecule has 2 aromatic carbocycles. The quantitative estimate of drug-likeness (QED) is 0.526. The number of hydrogen-bond donors (Lipinski definition) is 1. The number of aryl methyl sites for hydroxylation is 2. The molecular weight excluding hydrogens is 356 g/mol. The molecule has 0 aliphatic rings. The third-order valence-corrected chi connectivity index (χ3v) is 3.86. The Morgan fingerprint density at radius 3 is 2.71 bits per heavy atom. The predicted molar refractivity (Wildman–Crippen MR) is 111 cm³/mol. The lowest BCUT2D eigenvalue weighted by Gasteiger charge is -2.15. The van der Waals surface area contributed by atoms with Crippen molar-refractivity contribution in [3.63, 3.8) is 0 Å². The van der Waals surface area contributed by atoms with Gasteiger partial charge in [-0.3, -0.25) is 4.79 Å². The van der Waals surface area contributed by atoms with Crippen LogP contribution in [0.4, 0.5) is 0 Å². The summed E-state index contributed by atoms with van der Waals surface area (Å²) in [5, 5.41) is 4.01. The van der Waals surface area contributed by atoms with E-state index in [-0.39, 0.29) is 18.6 Å². The van der Waals surface area contributed by atoms with E-state index in [0.717, 1.165) is 12.0 Å². The Balaban J connectivity index is 1.97. The van der Waals surface area contributed by atoms with E-state index in [1.807, 2.05) is 51.1 Å². The Hall–Kier alpha value is -3.02. The van der Waals surface area contributed by atoms with Crippen molar-refractivity contribution in [3.8, 4) is 17.2 Å². The number of nitrogens with zero attached hydrogens (tertiary/aromatic N) is 1. The monoisotopic (exact) mass is 384 g/mol. The Bertz CT molecular complexity index is 831. The number of hydrogen-bond acceptors (Lipinski definition) is 5. The number of rotatable bonds is 9. The maximum Gasteiger partial charge on any atom is 0.277 e. The molecular formula is C22H28N2O4. The minimum absolute atomic E-state index is 0.0196. The van der Waals surface area contributed by atoms with E-state index in [4.69, 9.17) is 14.2 Å². The number of methoxy groups -OCH3 is 1. The Morgan fingerprint density at radius 2 is 2.04 bits per heavy atom. The summed E-state index contributed by atoms with van der Waals surface area (Å²) in [5.74, 6) is 1.53. The first-order valence-electron chi connectivity index (χ1n) is 9.31. The summed E-state index contributed by atoms with van der Waals surface area (Å²) in [6.07, 6.45) is 2.42. The number of carbonyl (C=O) groups excluding carboxylic acids is 1. The number of carbonyl (C=O) groups is 1. The summed E-state index contributed by atoms with van der Waals surface area (Å²) in [6, 6.07) is 11.4. The van der Waals surface area contributed by atoms with Crippen LogP contribution in [0.25, 0.3) is 0 Å². The lowest BCUT2D eigenvalue weighted by atomic mass is 10.1. The number of ether oxygens (including phenoxy) is 3. The minimum atomic E-state index is -0.343. The molecule has 6 nitrogen and oxygen atoms in total. The molecule has 0 heterocycles. The molecule has 0 radical (unpaired) electrons. The van der Waals surface area contributed by atoms with Crippen LogP contribution in [0.2, 0.25) is 0 Å². The zero-order valence-electron chi connectivity index (χ0n) is 17.1. The van der Waals surface area contributed by atoms with Gasteiger partial charge >= 0.3 is 0 Å². The second-order valence-corrected chi connectivity index (χ2v) is 6.63. The minimum Gasteiger partial charge on any atom is -0.493 e. The van der Waals surface area contributed by atoms with E-state index in [9.17, 15) is 4.79 Å². The third-order valence-electron chi connectivity index (χ3n) is 3.86. The van der Waals surface area contributed by atoms with Crippen LogP contribution in [0.15, 0.2) is 41.5 Å². The fourth-order valence-corrected chi connectivity index (χ4v) is 2.62. The zero-order chi connectivity index (χ0) is 20.5. The molecule has 6 heteroatoms. The molecule has 1 amide bonds. The van der Waals surface area contributed by atoms with Crippen LogP contribution in [-0.4, -0.2) is 31.9 Å². The van der Waals surface area contributed by atoms with Crippen LogP contribution in [0.3, 0.4) is 0 Å². The number of para-hydroxylation sites is 1. The van der Waals surface area contributed by atoms with Crippen LogP contribution in [0, 0.1) is 6.92 Å². The SMILES string of the molecule is CCc1cc(C)cc(OCC(=O)N/N=C/c2cccc(OC)c2OC(C)C)c1. The van der Waals surface area contributed by atoms with Gasteiger partial charge < -0.3 is 14.2 Å². The van der Waals surface area contributed by atoms with Crippen molar-refractivity contribution in [1.82, 2.24) is 5.43 Å². The Morgan fingerprint density at radius 1 is 1.25 bits per heavy atom. The topological polar surface area (TPSA) is 69.2 Å². The molecule has 0 bridgehead atoms. The molecule has 0 atom stereocenters. The van der Waals surface area contributed by atoms with E-state index in [1.54, 1.807) is 7.11 Å². The largest absolute Gasteiger partial charge is 0.493 e. The van der Waals surface area contributed by atoms with Crippen molar-refractivity contribution in [2.45, 2.75) is 40.2 Å². The zero-order valence-corrected chi connectivity index (χ0v) is 17.1. The van der Waals surface area contributed by atoms with Gasteiger partial charge in [0.2, 0.25) is 0 Å². The standard InChI is InChI=1S/C22H28N2O4/c1-6-17-10-16(4)11-19(12-17)27-14-21(25)24-23-13-18-8-7-9-20(26-5)22(18)28-15(2)3/h7-13,15H,6,14H2,1-5H3,(H,24,25)/b23-13+. The van der Waals surface area contributed by atoms with Gasteiger partial charge in [-0.2, -0.15) is 5.10 Å². The van der Waals surface area contributed by atoms with Crippen LogP contribution in [0.5, 0.6) is 17.2 Å². The van der Waals surface area contributed by atoms with Gasteiger partial charge in [0.1, 0.15) is 5.75 Å². The van der Waals surface area contributed by atoms with Crippen molar-refractivity contribution < 1.29 is 19.0 Å². The van der Waals surface area contributed by atoms with Crippen molar-refractivity contribution >= 4 is 12.1 Å². The molecule has 0 saturated carbocycles. The third kappa shape index (κ3) is 6.30. The molecule has 0 spiro atoms. The van der Waals surface area contributed by atoms with Crippen molar-refractivity contribution in [3.05, 3.63) is 53.1 Å². The van der Waals surface area contributed by atoms with E-state index >= 15 is 0 Å². The van der Waals surface area contributed by atoms with Gasteiger partial charge in [0, 0.05) is 5.56 Å². The molecule has 2 aromatic rings. The molecule has 150 valence electrons. The molecule has 0 unspecified atom stereocenters. The highest BCUT2D eigenvalue weighted by Crippen LogP contribution is 2.30. The van der Waals surface area contributed by atoms with Gasteiger partial charge in [0.25, 0.3) is 5.91 Å². The van der Waals surface area contributed by atoms with Gasteiger partial charge in [-0.05, 0) is 62.6 Å². The van der Waals surface area contributed by atoms with Crippen LogP contribution >= 0.6 is 0 Å². The maximum atomic E-state index is 12.0. The molecule has 0 aliphatic carbocycles. The average molecular weight is 384 g/mol. The molecule has 0 fully saturated rings. The fraction of sp³-hybridized carbons (Fsp3) is 0.364. The number of hydrazone groups is 1. The first-order chi connectivity index (χ1) is 13.4. The maximum absolute atomic E-state index is 12.0. The number of nitrogens with one attached hydrogen (secondary N) is 1. The highest BCUT2D eigenvalue weighted by molar-refractivity contribution is 5.86. The number of benzene rings is 2. The van der Waals surface area contributed by atoms with Gasteiger partial charge in [0.15, 0.2) is 18.1 Å². The molecule has 28 heavy (non-hydrogen) atoms. The lowest BCUT2D eigenvalue weighted by molar-refractivity contribution is -0.123. The highest BCUT2D eigenvalue weighted by atomic mass is 16.5. The first-order valence-corrected chi connectivity index (χ1v) is 9.31. The fourth-order valence-electron chi connectivity index (χ4n) is 2.62. The van der Waals surface area contributed by atoms with Crippen LogP contribution in [0.1, 0.15) is 37.5 Å². The second kappa shape index (κ2) is 10.3. The molecule has 2 rings (SSSR count). The van der Waals surface area contributed by atoms with E-state index in [2.05, 4.69) is 23.5 Å². The Labute approximate surface area is 166 Å². The summed E-state index contributed by atoms with van der Waals surface area (Å²) >= 11 is 0. The normalized spacial score (nSPS) is 10.9. The van der Waals surface area contributed by atoms with Crippen LogP contribution in [-0.2, 0) is 11.2 Å².